The third-order valence-corrected chi connectivity index (χ3v) is 4.86. The number of imidazole rings is 1. The number of hydrogen-bond donors (Lipinski definition) is 1. The first-order valence-corrected chi connectivity index (χ1v) is 10.5. The monoisotopic (exact) mass is 399 g/mol. The van der Waals surface area contributed by atoms with E-state index in [2.05, 4.69) is 10.3 Å². The highest BCUT2D eigenvalue weighted by Crippen LogP contribution is 2.20. The van der Waals surface area contributed by atoms with Crippen molar-refractivity contribution in [3.8, 4) is 0 Å². The largest absolute Gasteiger partial charge is 0.379 e. The Labute approximate surface area is 169 Å². The molecule has 0 saturated heterocycles. The molecule has 0 saturated carbocycles. The predicted molar refractivity (Wildman–Crippen MR) is 111 cm³/mol. The molecule has 0 fully saturated rings. The van der Waals surface area contributed by atoms with Crippen molar-refractivity contribution in [2.75, 3.05) is 26.1 Å². The molecule has 0 radical (unpaired) electrons. The van der Waals surface area contributed by atoms with Gasteiger partial charge in [-0.25, -0.2) is 4.98 Å². The summed E-state index contributed by atoms with van der Waals surface area (Å²) < 4.78 is 12.8. The summed E-state index contributed by atoms with van der Waals surface area (Å²) >= 11 is 1.51. The fourth-order valence-electron chi connectivity index (χ4n) is 2.87. The number of aromatic nitrogens is 2. The number of pyridine rings is 1. The van der Waals surface area contributed by atoms with Crippen LogP contribution in [0.3, 0.4) is 0 Å². The molecule has 1 N–H and O–H groups in total. The number of ether oxygens (including phenoxy) is 2. The normalized spacial score (nSPS) is 11.1. The molecule has 1 aromatic carbocycles. The third kappa shape index (κ3) is 5.13. The minimum absolute atomic E-state index is 0.178. The highest BCUT2D eigenvalue weighted by atomic mass is 32.2. The number of amides is 1. The molecule has 0 atom stereocenters. The van der Waals surface area contributed by atoms with Gasteiger partial charge in [0, 0.05) is 19.3 Å². The van der Waals surface area contributed by atoms with Crippen LogP contribution in [0, 0.1) is 0 Å². The summed E-state index contributed by atoms with van der Waals surface area (Å²) in [6, 6.07) is 13.8. The smallest absolute Gasteiger partial charge is 0.272 e. The predicted octanol–water partition coefficient (Wildman–Crippen LogP) is 3.54. The maximum Gasteiger partial charge on any atom is 0.272 e. The highest BCUT2D eigenvalue weighted by Gasteiger charge is 2.16. The van der Waals surface area contributed by atoms with Gasteiger partial charge in [0.15, 0.2) is 10.9 Å². The number of fused-ring (bicyclic) bond motifs is 1. The van der Waals surface area contributed by atoms with Crippen molar-refractivity contribution in [2.24, 2.45) is 0 Å². The molecule has 3 aromatic rings. The standard InChI is InChI=1S/C21H25N3O3S/c1-3-26-11-12-27-15-17-8-6-7-16(13-17)14-22-20(25)19-18-9-4-5-10-24(18)21(23-19)28-2/h4-10,13H,3,11-12,14-15H2,1-2H3,(H,22,25). The van der Waals surface area contributed by atoms with Gasteiger partial charge >= 0.3 is 0 Å². The van der Waals surface area contributed by atoms with Crippen LogP contribution < -0.4 is 5.32 Å². The second kappa shape index (κ2) is 10.3. The first-order chi connectivity index (χ1) is 13.7. The van der Waals surface area contributed by atoms with Gasteiger partial charge < -0.3 is 14.8 Å². The number of thioether (sulfide) groups is 1. The van der Waals surface area contributed by atoms with Crippen LogP contribution >= 0.6 is 11.8 Å². The fraction of sp³-hybridized carbons (Fsp3) is 0.333. The lowest BCUT2D eigenvalue weighted by atomic mass is 10.1. The number of carbonyl (C=O) groups is 1. The zero-order valence-corrected chi connectivity index (χ0v) is 17.0. The second-order valence-corrected chi connectivity index (χ2v) is 6.93. The van der Waals surface area contributed by atoms with Gasteiger partial charge in [-0.05, 0) is 36.4 Å². The molecule has 0 aliphatic heterocycles. The number of nitrogens with one attached hydrogen (secondary N) is 1. The minimum Gasteiger partial charge on any atom is -0.379 e. The van der Waals surface area contributed by atoms with Crippen LogP contribution in [0.25, 0.3) is 5.52 Å². The lowest BCUT2D eigenvalue weighted by molar-refractivity contribution is 0.0453. The third-order valence-electron chi connectivity index (χ3n) is 4.20. The Morgan fingerprint density at radius 2 is 1.96 bits per heavy atom. The van der Waals surface area contributed by atoms with E-state index in [0.717, 1.165) is 21.8 Å². The number of carbonyl (C=O) groups excluding carboxylic acids is 1. The van der Waals surface area contributed by atoms with E-state index in [0.29, 0.717) is 38.7 Å². The first kappa shape index (κ1) is 20.4. The number of nitrogens with zero attached hydrogens (tertiary/aromatic N) is 2. The van der Waals surface area contributed by atoms with E-state index in [1.807, 2.05) is 66.2 Å². The Kier molecular flexibility index (Phi) is 7.47. The lowest BCUT2D eigenvalue weighted by Crippen LogP contribution is -2.23. The lowest BCUT2D eigenvalue weighted by Gasteiger charge is -2.08. The summed E-state index contributed by atoms with van der Waals surface area (Å²) in [4.78, 5) is 17.2. The van der Waals surface area contributed by atoms with Crippen LogP contribution in [-0.2, 0) is 22.6 Å². The summed E-state index contributed by atoms with van der Waals surface area (Å²) in [5, 5.41) is 3.77. The average molecular weight is 400 g/mol. The molecular formula is C21H25N3O3S. The zero-order chi connectivity index (χ0) is 19.8. The number of hydrogen-bond acceptors (Lipinski definition) is 5. The molecular weight excluding hydrogens is 374 g/mol. The Morgan fingerprint density at radius 1 is 1.14 bits per heavy atom. The molecule has 28 heavy (non-hydrogen) atoms. The molecule has 0 aliphatic carbocycles. The van der Waals surface area contributed by atoms with Crippen molar-refractivity contribution in [3.63, 3.8) is 0 Å². The topological polar surface area (TPSA) is 64.9 Å². The van der Waals surface area contributed by atoms with Crippen molar-refractivity contribution >= 4 is 23.2 Å². The molecule has 0 spiro atoms. The van der Waals surface area contributed by atoms with Crippen molar-refractivity contribution in [1.29, 1.82) is 0 Å². The Balaban J connectivity index is 1.60. The van der Waals surface area contributed by atoms with Gasteiger partial charge in [0.2, 0.25) is 0 Å². The molecule has 3 rings (SSSR count). The first-order valence-electron chi connectivity index (χ1n) is 9.25. The zero-order valence-electron chi connectivity index (χ0n) is 16.2. The van der Waals surface area contributed by atoms with Gasteiger partial charge in [-0.3, -0.25) is 9.20 Å². The van der Waals surface area contributed by atoms with E-state index in [1.54, 1.807) is 0 Å². The molecule has 0 unspecified atom stereocenters. The van der Waals surface area contributed by atoms with Crippen LogP contribution in [0.2, 0.25) is 0 Å². The van der Waals surface area contributed by atoms with Gasteiger partial charge in [-0.2, -0.15) is 0 Å². The van der Waals surface area contributed by atoms with Gasteiger partial charge in [0.05, 0.1) is 25.3 Å². The number of benzene rings is 1. The Hall–Kier alpha value is -2.35. The van der Waals surface area contributed by atoms with Gasteiger partial charge in [-0.15, -0.1) is 0 Å². The van der Waals surface area contributed by atoms with E-state index >= 15 is 0 Å². The highest BCUT2D eigenvalue weighted by molar-refractivity contribution is 7.98. The molecule has 6 nitrogen and oxygen atoms in total. The van der Waals surface area contributed by atoms with Crippen LogP contribution in [0.5, 0.6) is 0 Å². The Morgan fingerprint density at radius 3 is 2.79 bits per heavy atom. The van der Waals surface area contributed by atoms with Crippen molar-refractivity contribution < 1.29 is 14.3 Å². The summed E-state index contributed by atoms with van der Waals surface area (Å²) in [5.74, 6) is -0.178. The summed E-state index contributed by atoms with van der Waals surface area (Å²) in [6.45, 7) is 4.79. The van der Waals surface area contributed by atoms with Crippen molar-refractivity contribution in [3.05, 3.63) is 65.5 Å². The van der Waals surface area contributed by atoms with Crippen molar-refractivity contribution in [2.45, 2.75) is 25.2 Å². The molecule has 0 bridgehead atoms. The maximum absolute atomic E-state index is 12.7. The quantitative estimate of drug-likeness (QED) is 0.417. The van der Waals surface area contributed by atoms with E-state index in [1.165, 1.54) is 11.8 Å². The van der Waals surface area contributed by atoms with Gasteiger partial charge in [-0.1, -0.05) is 42.1 Å². The fourth-order valence-corrected chi connectivity index (χ4v) is 3.41. The second-order valence-electron chi connectivity index (χ2n) is 6.16. The maximum atomic E-state index is 12.7. The van der Waals surface area contributed by atoms with E-state index in [9.17, 15) is 4.79 Å². The molecule has 7 heteroatoms. The van der Waals surface area contributed by atoms with Crippen LogP contribution in [0.4, 0.5) is 0 Å². The Bertz CT molecular complexity index is 926. The van der Waals surface area contributed by atoms with Crippen LogP contribution in [0.1, 0.15) is 28.5 Å². The summed E-state index contributed by atoms with van der Waals surface area (Å²) in [5.41, 5.74) is 3.34. The van der Waals surface area contributed by atoms with E-state index in [-0.39, 0.29) is 5.91 Å². The van der Waals surface area contributed by atoms with E-state index < -0.39 is 0 Å². The minimum atomic E-state index is -0.178. The molecule has 148 valence electrons. The van der Waals surface area contributed by atoms with Gasteiger partial charge in [0.1, 0.15) is 0 Å². The SMILES string of the molecule is CCOCCOCc1cccc(CNC(=O)c2nc(SC)n3ccccc23)c1. The molecule has 0 aliphatic rings. The molecule has 2 heterocycles. The summed E-state index contributed by atoms with van der Waals surface area (Å²) in [7, 11) is 0. The van der Waals surface area contributed by atoms with Crippen LogP contribution in [0.15, 0.2) is 53.8 Å². The summed E-state index contributed by atoms with van der Waals surface area (Å²) in [6.07, 6.45) is 3.87. The van der Waals surface area contributed by atoms with Crippen LogP contribution in [-0.4, -0.2) is 41.4 Å². The molecule has 2 aromatic heterocycles. The van der Waals surface area contributed by atoms with E-state index in [4.69, 9.17) is 9.47 Å². The van der Waals surface area contributed by atoms with Crippen molar-refractivity contribution in [1.82, 2.24) is 14.7 Å². The number of rotatable bonds is 10. The van der Waals surface area contributed by atoms with Gasteiger partial charge in [0.25, 0.3) is 5.91 Å². The molecule has 1 amide bonds. The average Bonchev–Trinajstić information content (AvgIpc) is 3.11.